The van der Waals surface area contributed by atoms with Crippen LogP contribution in [0.25, 0.3) is 0 Å². The SMILES string of the molecule is Cc1ccc(NN2C=CN3C2=C(NC2CC2)C=CN3C#N)cc1NC(=O)C(C)C. The molecule has 0 bridgehead atoms. The van der Waals surface area contributed by atoms with Gasteiger partial charge in [-0.1, -0.05) is 19.9 Å². The number of hydrazine groups is 2. The Morgan fingerprint density at radius 2 is 2.03 bits per heavy atom. The number of rotatable bonds is 6. The number of carbonyl (C=O) groups excluding carboxylic acids is 1. The topological polar surface area (TPSA) is 86.7 Å². The molecule has 0 radical (unpaired) electrons. The molecule has 0 aromatic heterocycles. The van der Waals surface area contributed by atoms with Crippen molar-refractivity contribution in [2.24, 2.45) is 5.92 Å². The van der Waals surface area contributed by atoms with E-state index in [1.807, 2.05) is 62.5 Å². The van der Waals surface area contributed by atoms with Crippen molar-refractivity contribution in [2.75, 3.05) is 10.7 Å². The van der Waals surface area contributed by atoms with Gasteiger partial charge in [0.15, 0.2) is 5.82 Å². The molecule has 1 saturated carbocycles. The number of fused-ring (bicyclic) bond motifs is 1. The van der Waals surface area contributed by atoms with Crippen LogP contribution < -0.4 is 16.1 Å². The number of nitriles is 1. The number of carbonyl (C=O) groups is 1. The van der Waals surface area contributed by atoms with Gasteiger partial charge in [-0.15, -0.1) is 0 Å². The van der Waals surface area contributed by atoms with Crippen LogP contribution in [0.4, 0.5) is 11.4 Å². The van der Waals surface area contributed by atoms with Crippen LogP contribution in [0.5, 0.6) is 0 Å². The molecule has 2 aliphatic heterocycles. The summed E-state index contributed by atoms with van der Waals surface area (Å²) in [5.74, 6) is 0.723. The van der Waals surface area contributed by atoms with Crippen LogP contribution in [0.2, 0.25) is 0 Å². The minimum Gasteiger partial charge on any atom is -0.379 e. The van der Waals surface area contributed by atoms with Gasteiger partial charge in [-0.25, -0.2) is 10.0 Å². The molecule has 3 aliphatic rings. The third kappa shape index (κ3) is 3.85. The molecule has 0 saturated heterocycles. The number of hydrogen-bond acceptors (Lipinski definition) is 7. The summed E-state index contributed by atoms with van der Waals surface area (Å²) in [4.78, 5) is 12.1. The summed E-state index contributed by atoms with van der Waals surface area (Å²) in [7, 11) is 0. The summed E-state index contributed by atoms with van der Waals surface area (Å²) in [6.45, 7) is 5.71. The quantitative estimate of drug-likeness (QED) is 0.642. The van der Waals surface area contributed by atoms with Gasteiger partial charge in [-0.2, -0.15) is 10.3 Å². The van der Waals surface area contributed by atoms with Crippen molar-refractivity contribution in [1.82, 2.24) is 20.3 Å². The van der Waals surface area contributed by atoms with E-state index in [9.17, 15) is 10.1 Å². The Balaban J connectivity index is 1.58. The molecule has 1 aromatic carbocycles. The van der Waals surface area contributed by atoms with E-state index in [1.54, 1.807) is 11.2 Å². The molecule has 150 valence electrons. The van der Waals surface area contributed by atoms with E-state index < -0.39 is 0 Å². The van der Waals surface area contributed by atoms with E-state index in [2.05, 4.69) is 22.3 Å². The molecule has 3 N–H and O–H groups in total. The number of aryl methyl sites for hydroxylation is 1. The predicted molar refractivity (Wildman–Crippen MR) is 111 cm³/mol. The highest BCUT2D eigenvalue weighted by Crippen LogP contribution is 2.31. The number of allylic oxidation sites excluding steroid dienone is 1. The first-order valence-corrected chi connectivity index (χ1v) is 9.79. The molecule has 1 amide bonds. The Hall–Kier alpha value is -3.60. The fourth-order valence-electron chi connectivity index (χ4n) is 3.07. The molecule has 1 fully saturated rings. The first-order valence-electron chi connectivity index (χ1n) is 9.79. The maximum Gasteiger partial charge on any atom is 0.226 e. The zero-order valence-electron chi connectivity index (χ0n) is 16.8. The van der Waals surface area contributed by atoms with Crippen LogP contribution in [0.1, 0.15) is 32.3 Å². The van der Waals surface area contributed by atoms with Crippen molar-refractivity contribution in [1.29, 1.82) is 5.26 Å². The Bertz CT molecular complexity index is 952. The van der Waals surface area contributed by atoms with E-state index in [-0.39, 0.29) is 11.8 Å². The van der Waals surface area contributed by atoms with Crippen LogP contribution in [0, 0.1) is 24.3 Å². The zero-order chi connectivity index (χ0) is 20.5. The summed E-state index contributed by atoms with van der Waals surface area (Å²) in [6, 6.07) is 6.33. The third-order valence-corrected chi connectivity index (χ3v) is 4.97. The molecule has 0 atom stereocenters. The third-order valence-electron chi connectivity index (χ3n) is 4.97. The molecule has 0 unspecified atom stereocenters. The number of nitrogens with one attached hydrogen (secondary N) is 3. The average molecular weight is 391 g/mol. The molecular weight excluding hydrogens is 366 g/mol. The van der Waals surface area contributed by atoms with Gasteiger partial charge in [-0.05, 0) is 43.5 Å². The van der Waals surface area contributed by atoms with Crippen molar-refractivity contribution in [2.45, 2.75) is 39.7 Å². The van der Waals surface area contributed by atoms with Crippen LogP contribution in [-0.4, -0.2) is 27.0 Å². The fraction of sp³-hybridized carbons (Fsp3) is 0.333. The van der Waals surface area contributed by atoms with Crippen molar-refractivity contribution in [3.05, 3.63) is 60.0 Å². The van der Waals surface area contributed by atoms with Gasteiger partial charge in [0.05, 0.1) is 11.4 Å². The van der Waals surface area contributed by atoms with Crippen molar-refractivity contribution >= 4 is 17.3 Å². The lowest BCUT2D eigenvalue weighted by Gasteiger charge is -2.33. The molecule has 8 heteroatoms. The van der Waals surface area contributed by atoms with Crippen LogP contribution in [0.15, 0.2) is 54.4 Å². The van der Waals surface area contributed by atoms with Gasteiger partial charge < -0.3 is 10.6 Å². The maximum absolute atomic E-state index is 12.1. The Morgan fingerprint density at radius 1 is 1.24 bits per heavy atom. The van der Waals surface area contributed by atoms with E-state index in [0.717, 1.165) is 41.3 Å². The minimum absolute atomic E-state index is 0.0156. The van der Waals surface area contributed by atoms with Gasteiger partial charge in [0.2, 0.25) is 12.1 Å². The summed E-state index contributed by atoms with van der Waals surface area (Å²) in [5.41, 5.74) is 6.92. The fourth-order valence-corrected chi connectivity index (χ4v) is 3.07. The number of nitrogens with zero attached hydrogens (tertiary/aromatic N) is 4. The Labute approximate surface area is 170 Å². The second-order valence-corrected chi connectivity index (χ2v) is 7.71. The lowest BCUT2D eigenvalue weighted by Crippen LogP contribution is -2.40. The van der Waals surface area contributed by atoms with Crippen molar-refractivity contribution in [3.63, 3.8) is 0 Å². The maximum atomic E-state index is 12.1. The van der Waals surface area contributed by atoms with E-state index >= 15 is 0 Å². The van der Waals surface area contributed by atoms with Crippen LogP contribution in [0.3, 0.4) is 0 Å². The number of hydrogen-bond donors (Lipinski definition) is 3. The smallest absolute Gasteiger partial charge is 0.226 e. The van der Waals surface area contributed by atoms with Gasteiger partial charge in [0, 0.05) is 36.2 Å². The number of anilines is 2. The standard InChI is InChI=1S/C21H25N7O/c1-14(2)20(29)24-19-12-17(5-4-15(19)3)25-27-10-11-28-21(27)18(23-16-6-7-16)8-9-26(28)13-22/h4-5,8-12,14,16,23,25H,6-7H2,1-3H3,(H,24,29). The lowest BCUT2D eigenvalue weighted by molar-refractivity contribution is -0.118. The van der Waals surface area contributed by atoms with E-state index in [4.69, 9.17) is 0 Å². The molecule has 0 spiro atoms. The molecule has 1 aromatic rings. The second kappa shape index (κ2) is 7.43. The average Bonchev–Trinajstić information content (AvgIpc) is 3.42. The molecule has 29 heavy (non-hydrogen) atoms. The Morgan fingerprint density at radius 3 is 2.72 bits per heavy atom. The van der Waals surface area contributed by atoms with Crippen molar-refractivity contribution < 1.29 is 4.79 Å². The predicted octanol–water partition coefficient (Wildman–Crippen LogP) is 3.15. The molecule has 4 rings (SSSR count). The monoisotopic (exact) mass is 391 g/mol. The molecule has 2 heterocycles. The second-order valence-electron chi connectivity index (χ2n) is 7.71. The largest absolute Gasteiger partial charge is 0.379 e. The molecule has 8 nitrogen and oxygen atoms in total. The molecule has 1 aliphatic carbocycles. The minimum atomic E-state index is -0.0895. The highest BCUT2D eigenvalue weighted by molar-refractivity contribution is 5.93. The first kappa shape index (κ1) is 18.7. The van der Waals surface area contributed by atoms with Gasteiger partial charge in [0.25, 0.3) is 0 Å². The highest BCUT2D eigenvalue weighted by Gasteiger charge is 2.32. The van der Waals surface area contributed by atoms with Gasteiger partial charge in [0.1, 0.15) is 0 Å². The zero-order valence-corrected chi connectivity index (χ0v) is 16.8. The van der Waals surface area contributed by atoms with Crippen LogP contribution >= 0.6 is 0 Å². The number of benzene rings is 1. The normalized spacial score (nSPS) is 17.6. The summed E-state index contributed by atoms with van der Waals surface area (Å²) in [5, 5.41) is 21.0. The summed E-state index contributed by atoms with van der Waals surface area (Å²) < 4.78 is 0. The summed E-state index contributed by atoms with van der Waals surface area (Å²) >= 11 is 0. The Kier molecular flexibility index (Phi) is 4.80. The summed E-state index contributed by atoms with van der Waals surface area (Å²) in [6.07, 6.45) is 11.8. The van der Waals surface area contributed by atoms with Gasteiger partial charge in [-0.3, -0.25) is 10.2 Å². The lowest BCUT2D eigenvalue weighted by atomic mass is 10.1. The number of amides is 1. The van der Waals surface area contributed by atoms with E-state index in [1.165, 1.54) is 5.01 Å². The van der Waals surface area contributed by atoms with Crippen LogP contribution in [-0.2, 0) is 4.79 Å². The van der Waals surface area contributed by atoms with Crippen molar-refractivity contribution in [3.8, 4) is 6.19 Å². The van der Waals surface area contributed by atoms with Gasteiger partial charge >= 0.3 is 0 Å². The highest BCUT2D eigenvalue weighted by atomic mass is 16.1. The molecular formula is C21H25N7O. The van der Waals surface area contributed by atoms with E-state index in [0.29, 0.717) is 6.04 Å². The first-order chi connectivity index (χ1) is 14.0.